The SMILES string of the molecule is CCOC(=O)c1c(-c2ccc(-c3ccccc3F)cc2)c(C#N)c(C)n1C. The van der Waals surface area contributed by atoms with Crippen molar-refractivity contribution in [2.24, 2.45) is 7.05 Å². The van der Waals surface area contributed by atoms with Crippen molar-refractivity contribution in [2.75, 3.05) is 6.61 Å². The van der Waals surface area contributed by atoms with Crippen LogP contribution in [0.1, 0.15) is 28.7 Å². The largest absolute Gasteiger partial charge is 0.461 e. The normalized spacial score (nSPS) is 10.5. The second-order valence-electron chi connectivity index (χ2n) is 6.13. The van der Waals surface area contributed by atoms with E-state index in [2.05, 4.69) is 6.07 Å². The molecule has 5 heteroatoms. The minimum atomic E-state index is -0.474. The van der Waals surface area contributed by atoms with Gasteiger partial charge in [-0.1, -0.05) is 42.5 Å². The van der Waals surface area contributed by atoms with Crippen LogP contribution in [0.15, 0.2) is 48.5 Å². The third kappa shape index (κ3) is 3.22. The van der Waals surface area contributed by atoms with Crippen molar-refractivity contribution in [1.29, 1.82) is 5.26 Å². The van der Waals surface area contributed by atoms with Crippen molar-refractivity contribution in [3.8, 4) is 28.3 Å². The topological polar surface area (TPSA) is 55.0 Å². The Morgan fingerprint density at radius 2 is 1.78 bits per heavy atom. The fourth-order valence-electron chi connectivity index (χ4n) is 3.17. The van der Waals surface area contributed by atoms with Gasteiger partial charge in [-0.3, -0.25) is 0 Å². The molecule has 0 fully saturated rings. The Hall–Kier alpha value is -3.39. The van der Waals surface area contributed by atoms with E-state index >= 15 is 0 Å². The molecular formula is C22H19FN2O2. The summed E-state index contributed by atoms with van der Waals surface area (Å²) in [6, 6.07) is 15.9. The molecule has 4 nitrogen and oxygen atoms in total. The van der Waals surface area contributed by atoms with Crippen molar-refractivity contribution >= 4 is 5.97 Å². The highest BCUT2D eigenvalue weighted by molar-refractivity contribution is 5.98. The van der Waals surface area contributed by atoms with Crippen molar-refractivity contribution in [1.82, 2.24) is 4.57 Å². The first-order valence-electron chi connectivity index (χ1n) is 8.61. The van der Waals surface area contributed by atoms with E-state index in [1.54, 1.807) is 67.9 Å². The van der Waals surface area contributed by atoms with E-state index in [-0.39, 0.29) is 12.4 Å². The summed E-state index contributed by atoms with van der Waals surface area (Å²) in [5.41, 5.74) is 3.92. The number of ether oxygens (including phenoxy) is 1. The highest BCUT2D eigenvalue weighted by Gasteiger charge is 2.25. The molecule has 0 bridgehead atoms. The molecule has 0 spiro atoms. The summed E-state index contributed by atoms with van der Waals surface area (Å²) < 4.78 is 20.9. The summed E-state index contributed by atoms with van der Waals surface area (Å²) in [7, 11) is 1.74. The molecule has 0 saturated carbocycles. The van der Waals surface area contributed by atoms with Crippen LogP contribution in [-0.2, 0) is 11.8 Å². The maximum absolute atomic E-state index is 14.0. The Labute approximate surface area is 157 Å². The molecule has 0 aliphatic heterocycles. The lowest BCUT2D eigenvalue weighted by atomic mass is 9.97. The Kier molecular flexibility index (Phi) is 5.09. The number of benzene rings is 2. The third-order valence-electron chi connectivity index (χ3n) is 4.63. The average molecular weight is 362 g/mol. The Morgan fingerprint density at radius 3 is 2.37 bits per heavy atom. The zero-order valence-corrected chi connectivity index (χ0v) is 15.4. The van der Waals surface area contributed by atoms with Crippen LogP contribution < -0.4 is 0 Å². The number of nitriles is 1. The standard InChI is InChI=1S/C22H19FN2O2/c1-4-27-22(26)21-20(18(13-24)14(2)25(21)3)16-11-9-15(10-12-16)17-7-5-6-8-19(17)23/h5-12H,4H2,1-3H3. The lowest BCUT2D eigenvalue weighted by molar-refractivity contribution is 0.0516. The summed E-state index contributed by atoms with van der Waals surface area (Å²) >= 11 is 0. The van der Waals surface area contributed by atoms with Crippen LogP contribution in [0.4, 0.5) is 4.39 Å². The summed E-state index contributed by atoms with van der Waals surface area (Å²) in [6.45, 7) is 3.77. The predicted octanol–water partition coefficient (Wildman–Crippen LogP) is 4.86. The first-order valence-corrected chi connectivity index (χ1v) is 8.61. The number of aromatic nitrogens is 1. The van der Waals surface area contributed by atoms with E-state index in [4.69, 9.17) is 4.74 Å². The second kappa shape index (κ2) is 7.46. The highest BCUT2D eigenvalue weighted by Crippen LogP contribution is 2.34. The molecule has 0 aliphatic rings. The van der Waals surface area contributed by atoms with Crippen molar-refractivity contribution in [2.45, 2.75) is 13.8 Å². The summed E-state index contributed by atoms with van der Waals surface area (Å²) in [6.07, 6.45) is 0. The third-order valence-corrected chi connectivity index (χ3v) is 4.63. The Bertz CT molecular complexity index is 1040. The van der Waals surface area contributed by atoms with E-state index in [1.165, 1.54) is 6.07 Å². The van der Waals surface area contributed by atoms with Gasteiger partial charge in [0.05, 0.1) is 12.2 Å². The minimum absolute atomic E-state index is 0.247. The number of halogens is 1. The maximum atomic E-state index is 14.0. The summed E-state index contributed by atoms with van der Waals surface area (Å²) in [4.78, 5) is 12.5. The molecule has 136 valence electrons. The number of esters is 1. The fraction of sp³-hybridized carbons (Fsp3) is 0.182. The van der Waals surface area contributed by atoms with E-state index in [0.29, 0.717) is 33.6 Å². The van der Waals surface area contributed by atoms with Gasteiger partial charge < -0.3 is 9.30 Å². The van der Waals surface area contributed by atoms with Crippen LogP contribution in [0.5, 0.6) is 0 Å². The molecule has 1 heterocycles. The molecule has 2 aromatic carbocycles. The maximum Gasteiger partial charge on any atom is 0.355 e. The second-order valence-corrected chi connectivity index (χ2v) is 6.13. The zero-order chi connectivity index (χ0) is 19.6. The molecule has 0 radical (unpaired) electrons. The lowest BCUT2D eigenvalue weighted by Gasteiger charge is -2.09. The number of rotatable bonds is 4. The van der Waals surface area contributed by atoms with Crippen LogP contribution in [-0.4, -0.2) is 17.1 Å². The molecular weight excluding hydrogens is 343 g/mol. The van der Waals surface area contributed by atoms with E-state index in [9.17, 15) is 14.4 Å². The number of nitrogens with zero attached hydrogens (tertiary/aromatic N) is 2. The molecule has 27 heavy (non-hydrogen) atoms. The summed E-state index contributed by atoms with van der Waals surface area (Å²) in [5.74, 6) is -0.775. The van der Waals surface area contributed by atoms with Gasteiger partial charge in [0, 0.05) is 23.9 Å². The quantitative estimate of drug-likeness (QED) is 0.623. The van der Waals surface area contributed by atoms with Gasteiger partial charge in [0.15, 0.2) is 0 Å². The van der Waals surface area contributed by atoms with Crippen LogP contribution in [0.2, 0.25) is 0 Å². The van der Waals surface area contributed by atoms with Crippen molar-refractivity contribution < 1.29 is 13.9 Å². The van der Waals surface area contributed by atoms with Gasteiger partial charge in [-0.05, 0) is 31.0 Å². The zero-order valence-electron chi connectivity index (χ0n) is 15.4. The molecule has 1 aromatic heterocycles. The van der Waals surface area contributed by atoms with Gasteiger partial charge >= 0.3 is 5.97 Å². The van der Waals surface area contributed by atoms with E-state index < -0.39 is 5.97 Å². The monoisotopic (exact) mass is 362 g/mol. The van der Waals surface area contributed by atoms with Gasteiger partial charge in [-0.15, -0.1) is 0 Å². The summed E-state index contributed by atoms with van der Waals surface area (Å²) in [5, 5.41) is 9.61. The van der Waals surface area contributed by atoms with Gasteiger partial charge in [0.2, 0.25) is 0 Å². The average Bonchev–Trinajstić information content (AvgIpc) is 2.93. The number of hydrogen-bond donors (Lipinski definition) is 0. The molecule has 3 rings (SSSR count). The van der Waals surface area contributed by atoms with Gasteiger partial charge in [0.1, 0.15) is 17.6 Å². The van der Waals surface area contributed by atoms with Crippen LogP contribution in [0, 0.1) is 24.1 Å². The lowest BCUT2D eigenvalue weighted by Crippen LogP contribution is -2.11. The number of hydrogen-bond acceptors (Lipinski definition) is 3. The van der Waals surface area contributed by atoms with Crippen LogP contribution >= 0.6 is 0 Å². The molecule has 0 aliphatic carbocycles. The fourth-order valence-corrected chi connectivity index (χ4v) is 3.17. The molecule has 0 unspecified atom stereocenters. The number of carbonyl (C=O) groups excluding carboxylic acids is 1. The van der Waals surface area contributed by atoms with Crippen LogP contribution in [0.25, 0.3) is 22.3 Å². The molecule has 0 N–H and O–H groups in total. The van der Waals surface area contributed by atoms with E-state index in [1.807, 2.05) is 0 Å². The first-order chi connectivity index (χ1) is 13.0. The first kappa shape index (κ1) is 18.4. The predicted molar refractivity (Wildman–Crippen MR) is 102 cm³/mol. The number of carbonyl (C=O) groups is 1. The molecule has 0 amide bonds. The Morgan fingerprint density at radius 1 is 1.15 bits per heavy atom. The minimum Gasteiger partial charge on any atom is -0.461 e. The molecule has 0 atom stereocenters. The smallest absolute Gasteiger partial charge is 0.355 e. The van der Waals surface area contributed by atoms with Gasteiger partial charge in [-0.2, -0.15) is 5.26 Å². The Balaban J connectivity index is 2.14. The van der Waals surface area contributed by atoms with Crippen LogP contribution in [0.3, 0.4) is 0 Å². The molecule has 3 aromatic rings. The van der Waals surface area contributed by atoms with Gasteiger partial charge in [-0.25, -0.2) is 9.18 Å². The van der Waals surface area contributed by atoms with Crippen molar-refractivity contribution in [3.05, 3.63) is 71.3 Å². The van der Waals surface area contributed by atoms with Crippen molar-refractivity contribution in [3.63, 3.8) is 0 Å². The molecule has 0 saturated heterocycles. The highest BCUT2D eigenvalue weighted by atomic mass is 19.1. The van der Waals surface area contributed by atoms with E-state index in [0.717, 1.165) is 5.56 Å². The van der Waals surface area contributed by atoms with Gasteiger partial charge in [0.25, 0.3) is 0 Å².